The molecule has 1 aliphatic rings. The highest BCUT2D eigenvalue weighted by Gasteiger charge is 2.32. The molecule has 6 nitrogen and oxygen atoms in total. The fraction of sp³-hybridized carbons (Fsp3) is 0.500. The summed E-state index contributed by atoms with van der Waals surface area (Å²) in [5.74, 6) is 0.534. The summed E-state index contributed by atoms with van der Waals surface area (Å²) in [5.41, 5.74) is -0.287. The minimum absolute atomic E-state index is 0.00308. The van der Waals surface area contributed by atoms with Crippen LogP contribution < -0.4 is 14.4 Å². The Bertz CT molecular complexity index is 733. The number of anilines is 1. The number of ether oxygens (including phenoxy) is 1. The van der Waals surface area contributed by atoms with Gasteiger partial charge in [0.25, 0.3) is 0 Å². The van der Waals surface area contributed by atoms with Crippen LogP contribution in [0.15, 0.2) is 23.2 Å². The lowest BCUT2D eigenvalue weighted by atomic mass is 10.1. The maximum absolute atomic E-state index is 12.9. The fourth-order valence-corrected chi connectivity index (χ4v) is 2.76. The van der Waals surface area contributed by atoms with Crippen LogP contribution in [0.3, 0.4) is 0 Å². The summed E-state index contributed by atoms with van der Waals surface area (Å²) in [4.78, 5) is 4.10. The smallest absolute Gasteiger partial charge is 0.393 e. The van der Waals surface area contributed by atoms with Gasteiger partial charge < -0.3 is 10.1 Å². The molecule has 0 fully saturated rings. The number of nitrogens with one attached hydrogen (secondary N) is 1. The second-order valence-electron chi connectivity index (χ2n) is 5.32. The predicted octanol–water partition coefficient (Wildman–Crippen LogP) is 1.57. The maximum atomic E-state index is 12.9. The van der Waals surface area contributed by atoms with Crippen molar-refractivity contribution in [1.82, 2.24) is 5.32 Å². The van der Waals surface area contributed by atoms with E-state index in [1.165, 1.54) is 25.2 Å². The van der Waals surface area contributed by atoms with Gasteiger partial charge in [-0.2, -0.15) is 13.2 Å². The summed E-state index contributed by atoms with van der Waals surface area (Å²) in [5, 5.41) is 2.95. The van der Waals surface area contributed by atoms with Gasteiger partial charge in [-0.3, -0.25) is 9.30 Å². The summed E-state index contributed by atoms with van der Waals surface area (Å²) in [6.45, 7) is 1.24. The highest BCUT2D eigenvalue weighted by Crippen LogP contribution is 2.35. The second-order valence-corrected chi connectivity index (χ2v) is 7.33. The molecular weight excluding hydrogens is 347 g/mol. The Balaban J connectivity index is 2.37. The second kappa shape index (κ2) is 6.88. The average Bonchev–Trinajstić information content (AvgIpc) is 2.96. The van der Waals surface area contributed by atoms with Crippen molar-refractivity contribution in [3.63, 3.8) is 0 Å². The molecule has 1 aromatic rings. The molecule has 0 saturated heterocycles. The van der Waals surface area contributed by atoms with Gasteiger partial charge in [-0.1, -0.05) is 6.07 Å². The van der Waals surface area contributed by atoms with Crippen molar-refractivity contribution in [3.8, 4) is 5.75 Å². The van der Waals surface area contributed by atoms with Gasteiger partial charge >= 0.3 is 6.18 Å². The summed E-state index contributed by atoms with van der Waals surface area (Å²) in [6, 6.07) is 4.16. The lowest BCUT2D eigenvalue weighted by molar-refractivity contribution is -0.127. The first-order valence-corrected chi connectivity index (χ1v) is 8.95. The van der Waals surface area contributed by atoms with Gasteiger partial charge in [-0.05, 0) is 12.1 Å². The third kappa shape index (κ3) is 4.76. The topological polar surface area (TPSA) is 71.0 Å². The van der Waals surface area contributed by atoms with Crippen LogP contribution in [0, 0.1) is 0 Å². The number of rotatable bonds is 6. The van der Waals surface area contributed by atoms with Gasteiger partial charge in [0.15, 0.2) is 0 Å². The van der Waals surface area contributed by atoms with Crippen LogP contribution in [0.5, 0.6) is 5.75 Å². The van der Waals surface area contributed by atoms with Gasteiger partial charge in [0.05, 0.1) is 24.9 Å². The Morgan fingerprint density at radius 2 is 2.08 bits per heavy atom. The van der Waals surface area contributed by atoms with Gasteiger partial charge in [0.2, 0.25) is 10.0 Å². The monoisotopic (exact) mass is 365 g/mol. The molecule has 0 bridgehead atoms. The molecule has 1 N–H and O–H groups in total. The molecule has 0 unspecified atom stereocenters. The molecule has 1 aliphatic heterocycles. The normalized spacial score (nSPS) is 15.0. The number of nitrogens with zero attached hydrogens (tertiary/aromatic N) is 2. The summed E-state index contributed by atoms with van der Waals surface area (Å²) in [7, 11) is -2.50. The van der Waals surface area contributed by atoms with E-state index in [0.717, 1.165) is 10.6 Å². The zero-order valence-electron chi connectivity index (χ0n) is 13.2. The Morgan fingerprint density at radius 3 is 2.62 bits per heavy atom. The van der Waals surface area contributed by atoms with Crippen LogP contribution in [0.1, 0.15) is 5.56 Å². The number of hydrogen-bond acceptors (Lipinski definition) is 5. The van der Waals surface area contributed by atoms with E-state index in [4.69, 9.17) is 4.74 Å². The number of sulfonamides is 1. The van der Waals surface area contributed by atoms with E-state index in [1.54, 1.807) is 0 Å². The Kier molecular flexibility index (Phi) is 5.26. The first-order valence-electron chi connectivity index (χ1n) is 7.10. The molecule has 10 heteroatoms. The number of aliphatic imine (C=N–C) groups is 1. The molecule has 2 rings (SSSR count). The lowest BCUT2D eigenvalue weighted by Crippen LogP contribution is -2.28. The van der Waals surface area contributed by atoms with Crippen molar-refractivity contribution in [3.05, 3.63) is 23.8 Å². The standard InChI is InChI=1S/C14H18F3N3O3S/c1-20(24(2,21)22)11-4-3-5-12(10(11)8-14(15,16)17)23-9-13-18-6-7-19-13/h3-5H,6-9H2,1-2H3,(H,18,19). The van der Waals surface area contributed by atoms with Crippen molar-refractivity contribution < 1.29 is 26.3 Å². The molecule has 0 saturated carbocycles. The molecule has 1 heterocycles. The number of amidine groups is 1. The first kappa shape index (κ1) is 18.4. The maximum Gasteiger partial charge on any atom is 0.393 e. The van der Waals surface area contributed by atoms with E-state index >= 15 is 0 Å². The Hall–Kier alpha value is -1.97. The molecular formula is C14H18F3N3O3S. The molecule has 24 heavy (non-hydrogen) atoms. The van der Waals surface area contributed by atoms with Crippen molar-refractivity contribution in [1.29, 1.82) is 0 Å². The minimum Gasteiger partial charge on any atom is -0.485 e. The fourth-order valence-electron chi connectivity index (χ4n) is 2.23. The van der Waals surface area contributed by atoms with Gasteiger partial charge in [0, 0.05) is 19.2 Å². The van der Waals surface area contributed by atoms with E-state index < -0.39 is 22.6 Å². The third-order valence-electron chi connectivity index (χ3n) is 3.43. The quantitative estimate of drug-likeness (QED) is 0.831. The third-order valence-corrected chi connectivity index (χ3v) is 4.62. The highest BCUT2D eigenvalue weighted by atomic mass is 32.2. The van der Waals surface area contributed by atoms with E-state index in [9.17, 15) is 21.6 Å². The minimum atomic E-state index is -4.50. The summed E-state index contributed by atoms with van der Waals surface area (Å²) in [6.07, 6.45) is -4.87. The zero-order chi connectivity index (χ0) is 18.0. The van der Waals surface area contributed by atoms with Crippen LogP contribution in [0.25, 0.3) is 0 Å². The first-order chi connectivity index (χ1) is 11.1. The van der Waals surface area contributed by atoms with E-state index in [0.29, 0.717) is 18.9 Å². The van der Waals surface area contributed by atoms with Gasteiger partial charge in [-0.15, -0.1) is 0 Å². The molecule has 134 valence electrons. The van der Waals surface area contributed by atoms with Crippen LogP contribution >= 0.6 is 0 Å². The van der Waals surface area contributed by atoms with E-state index in [-0.39, 0.29) is 23.6 Å². The van der Waals surface area contributed by atoms with Gasteiger partial charge in [-0.25, -0.2) is 8.42 Å². The van der Waals surface area contributed by atoms with Crippen molar-refractivity contribution in [2.24, 2.45) is 4.99 Å². The molecule has 0 spiro atoms. The molecule has 0 aromatic heterocycles. The van der Waals surface area contributed by atoms with Gasteiger partial charge in [0.1, 0.15) is 18.2 Å². The Morgan fingerprint density at radius 1 is 1.38 bits per heavy atom. The molecule has 0 atom stereocenters. The van der Waals surface area contributed by atoms with Crippen molar-refractivity contribution >= 4 is 21.5 Å². The molecule has 0 amide bonds. The average molecular weight is 365 g/mol. The number of benzene rings is 1. The van der Waals surface area contributed by atoms with Crippen LogP contribution in [-0.4, -0.2) is 53.4 Å². The number of alkyl halides is 3. The van der Waals surface area contributed by atoms with Crippen LogP contribution in [-0.2, 0) is 16.4 Å². The summed E-state index contributed by atoms with van der Waals surface area (Å²) >= 11 is 0. The molecule has 1 aromatic carbocycles. The highest BCUT2D eigenvalue weighted by molar-refractivity contribution is 7.92. The predicted molar refractivity (Wildman–Crippen MR) is 85.2 cm³/mol. The Labute approximate surface area is 138 Å². The summed E-state index contributed by atoms with van der Waals surface area (Å²) < 4.78 is 68.5. The van der Waals surface area contributed by atoms with E-state index in [1.807, 2.05) is 0 Å². The molecule has 0 radical (unpaired) electrons. The lowest BCUT2D eigenvalue weighted by Gasteiger charge is -2.23. The van der Waals surface area contributed by atoms with Crippen LogP contribution in [0.4, 0.5) is 18.9 Å². The van der Waals surface area contributed by atoms with Crippen molar-refractivity contribution in [2.45, 2.75) is 12.6 Å². The zero-order valence-corrected chi connectivity index (χ0v) is 14.0. The molecule has 0 aliphatic carbocycles. The SMILES string of the molecule is CN(c1cccc(OCC2=NCCN2)c1CC(F)(F)F)S(C)(=O)=O. The van der Waals surface area contributed by atoms with Crippen LogP contribution in [0.2, 0.25) is 0 Å². The number of hydrogen-bond donors (Lipinski definition) is 1. The van der Waals surface area contributed by atoms with Crippen molar-refractivity contribution in [2.75, 3.05) is 37.3 Å². The largest absolute Gasteiger partial charge is 0.485 e. The van der Waals surface area contributed by atoms with E-state index in [2.05, 4.69) is 10.3 Å². The number of halogens is 3.